The summed E-state index contributed by atoms with van der Waals surface area (Å²) in [4.78, 5) is 30.8. The van der Waals surface area contributed by atoms with E-state index in [2.05, 4.69) is 28.6 Å². The number of hydrogen-bond donors (Lipinski definition) is 3. The van der Waals surface area contributed by atoms with E-state index in [1.807, 2.05) is 31.1 Å². The van der Waals surface area contributed by atoms with Crippen molar-refractivity contribution in [3.8, 4) is 0 Å². The molecule has 3 aromatic rings. The Kier molecular flexibility index (Phi) is 6.09. The molecular formula is C25H30N4O2. The molecule has 1 heterocycles. The number of aromatic amines is 1. The smallest absolute Gasteiger partial charge is 0.257 e. The van der Waals surface area contributed by atoms with E-state index in [1.165, 1.54) is 17.7 Å². The van der Waals surface area contributed by atoms with Crippen LogP contribution in [0, 0.1) is 5.92 Å². The number of amides is 2. The van der Waals surface area contributed by atoms with Gasteiger partial charge in [0.15, 0.2) is 0 Å². The van der Waals surface area contributed by atoms with E-state index in [9.17, 15) is 9.59 Å². The second-order valence-electron chi connectivity index (χ2n) is 8.75. The minimum atomic E-state index is -0.152. The molecule has 1 aliphatic rings. The fraction of sp³-hybridized carbons (Fsp3) is 0.360. The zero-order valence-electron chi connectivity index (χ0n) is 18.4. The van der Waals surface area contributed by atoms with E-state index in [-0.39, 0.29) is 11.8 Å². The Labute approximate surface area is 183 Å². The third-order valence-electron chi connectivity index (χ3n) is 5.96. The fourth-order valence-corrected chi connectivity index (χ4v) is 4.20. The normalized spacial score (nSPS) is 15.7. The van der Waals surface area contributed by atoms with Gasteiger partial charge in [-0.25, -0.2) is 0 Å². The van der Waals surface area contributed by atoms with Crippen LogP contribution < -0.4 is 10.6 Å². The van der Waals surface area contributed by atoms with Gasteiger partial charge in [0.1, 0.15) is 0 Å². The van der Waals surface area contributed by atoms with Crippen molar-refractivity contribution in [3.63, 3.8) is 0 Å². The molecule has 0 fully saturated rings. The molecule has 2 amide bonds. The molecule has 0 spiro atoms. The van der Waals surface area contributed by atoms with Crippen LogP contribution in [0.1, 0.15) is 45.3 Å². The first-order chi connectivity index (χ1) is 14.9. The van der Waals surface area contributed by atoms with Gasteiger partial charge in [-0.15, -0.1) is 0 Å². The number of carbonyl (C=O) groups is 2. The molecule has 0 aliphatic heterocycles. The van der Waals surface area contributed by atoms with Crippen LogP contribution in [-0.4, -0.2) is 48.9 Å². The highest BCUT2D eigenvalue weighted by Crippen LogP contribution is 2.33. The number of para-hydroxylation sites is 1. The molecule has 0 unspecified atom stereocenters. The maximum absolute atomic E-state index is 13.0. The van der Waals surface area contributed by atoms with Crippen LogP contribution in [0.15, 0.2) is 42.5 Å². The molecule has 1 atom stereocenters. The average molecular weight is 419 g/mol. The maximum atomic E-state index is 13.0. The lowest BCUT2D eigenvalue weighted by Gasteiger charge is -2.17. The summed E-state index contributed by atoms with van der Waals surface area (Å²) in [6.45, 7) is 3.66. The first-order valence-corrected chi connectivity index (χ1v) is 10.9. The number of benzene rings is 2. The number of anilines is 1. The Bertz CT molecular complexity index is 1100. The zero-order valence-corrected chi connectivity index (χ0v) is 18.4. The summed E-state index contributed by atoms with van der Waals surface area (Å²) in [6.07, 6.45) is 3.26. The highest BCUT2D eigenvalue weighted by molar-refractivity contribution is 6.12. The summed E-state index contributed by atoms with van der Waals surface area (Å²) in [7, 11) is 3.93. The Balaban J connectivity index is 1.47. The van der Waals surface area contributed by atoms with Crippen molar-refractivity contribution in [2.75, 3.05) is 32.5 Å². The van der Waals surface area contributed by atoms with Crippen LogP contribution in [0.5, 0.6) is 0 Å². The molecular weight excluding hydrogens is 388 g/mol. The first-order valence-electron chi connectivity index (χ1n) is 10.9. The van der Waals surface area contributed by atoms with E-state index in [0.29, 0.717) is 29.3 Å². The van der Waals surface area contributed by atoms with Crippen LogP contribution in [0.4, 0.5) is 5.69 Å². The van der Waals surface area contributed by atoms with Gasteiger partial charge >= 0.3 is 0 Å². The van der Waals surface area contributed by atoms with Crippen LogP contribution in [0.25, 0.3) is 10.9 Å². The topological polar surface area (TPSA) is 77.2 Å². The lowest BCUT2D eigenvalue weighted by Crippen LogP contribution is -2.31. The molecule has 1 aromatic heterocycles. The summed E-state index contributed by atoms with van der Waals surface area (Å²) in [6, 6.07) is 12.9. The summed E-state index contributed by atoms with van der Waals surface area (Å²) in [5, 5.41) is 7.01. The second-order valence-corrected chi connectivity index (χ2v) is 8.75. The number of carbonyl (C=O) groups excluding carboxylic acids is 2. The van der Waals surface area contributed by atoms with Gasteiger partial charge < -0.3 is 20.5 Å². The van der Waals surface area contributed by atoms with E-state index < -0.39 is 0 Å². The van der Waals surface area contributed by atoms with Gasteiger partial charge in [-0.05, 0) is 75.2 Å². The largest absolute Gasteiger partial charge is 0.358 e. The van der Waals surface area contributed by atoms with Crippen molar-refractivity contribution in [3.05, 3.63) is 64.8 Å². The summed E-state index contributed by atoms with van der Waals surface area (Å²) in [5.74, 6) is 0.402. The minimum absolute atomic E-state index is 0.115. The summed E-state index contributed by atoms with van der Waals surface area (Å²) < 4.78 is 0. The third kappa shape index (κ3) is 4.64. The monoisotopic (exact) mass is 418 g/mol. The molecule has 0 saturated heterocycles. The zero-order chi connectivity index (χ0) is 22.0. The van der Waals surface area contributed by atoms with Crippen molar-refractivity contribution >= 4 is 28.4 Å². The standard InChI is InChI=1S/C25H30N4O2/c1-16-7-12-22-21(15-16)19-5-4-6-20(23(19)28-22)25(31)27-18-10-8-17(9-11-18)24(30)26-13-14-29(2)3/h4-6,8-11,16,28H,7,12-15H2,1-3H3,(H,26,30)(H,27,31)/t16-/m1/s1. The van der Waals surface area contributed by atoms with Crippen LogP contribution in [0.3, 0.4) is 0 Å². The number of nitrogens with zero attached hydrogens (tertiary/aromatic N) is 1. The Hall–Kier alpha value is -3.12. The predicted molar refractivity (Wildman–Crippen MR) is 125 cm³/mol. The van der Waals surface area contributed by atoms with Gasteiger partial charge in [-0.2, -0.15) is 0 Å². The quantitative estimate of drug-likeness (QED) is 0.569. The molecule has 1 aliphatic carbocycles. The van der Waals surface area contributed by atoms with E-state index in [4.69, 9.17) is 0 Å². The Morgan fingerprint density at radius 3 is 2.61 bits per heavy atom. The van der Waals surface area contributed by atoms with Crippen molar-refractivity contribution in [1.29, 1.82) is 0 Å². The number of likely N-dealkylation sites (N-methyl/N-ethyl adjacent to an activating group) is 1. The summed E-state index contributed by atoms with van der Waals surface area (Å²) in [5.41, 5.74) is 5.41. The predicted octanol–water partition coefficient (Wildman–Crippen LogP) is 3.84. The molecule has 31 heavy (non-hydrogen) atoms. The number of rotatable bonds is 6. The van der Waals surface area contributed by atoms with Gasteiger partial charge in [0.05, 0.1) is 11.1 Å². The fourth-order valence-electron chi connectivity index (χ4n) is 4.20. The van der Waals surface area contributed by atoms with Crippen molar-refractivity contribution in [2.24, 2.45) is 5.92 Å². The molecule has 0 radical (unpaired) electrons. The lowest BCUT2D eigenvalue weighted by atomic mass is 9.87. The molecule has 3 N–H and O–H groups in total. The number of nitrogens with one attached hydrogen (secondary N) is 3. The summed E-state index contributed by atoms with van der Waals surface area (Å²) >= 11 is 0. The van der Waals surface area contributed by atoms with Crippen LogP contribution in [0.2, 0.25) is 0 Å². The molecule has 4 rings (SSSR count). The number of H-pyrrole nitrogens is 1. The first kappa shape index (κ1) is 21.1. The van der Waals surface area contributed by atoms with Crippen molar-refractivity contribution in [2.45, 2.75) is 26.2 Å². The maximum Gasteiger partial charge on any atom is 0.257 e. The van der Waals surface area contributed by atoms with Gasteiger partial charge in [-0.3, -0.25) is 9.59 Å². The number of fused-ring (bicyclic) bond motifs is 3. The molecule has 0 bridgehead atoms. The van der Waals surface area contributed by atoms with Crippen molar-refractivity contribution < 1.29 is 9.59 Å². The molecule has 6 heteroatoms. The molecule has 6 nitrogen and oxygen atoms in total. The second kappa shape index (κ2) is 8.94. The number of hydrogen-bond acceptors (Lipinski definition) is 3. The van der Waals surface area contributed by atoms with Crippen molar-refractivity contribution in [1.82, 2.24) is 15.2 Å². The van der Waals surface area contributed by atoms with Gasteiger partial charge in [0.25, 0.3) is 11.8 Å². The molecule has 0 saturated carbocycles. The van der Waals surface area contributed by atoms with Crippen LogP contribution in [-0.2, 0) is 12.8 Å². The van der Waals surface area contributed by atoms with Gasteiger partial charge in [0, 0.05) is 35.4 Å². The van der Waals surface area contributed by atoms with Gasteiger partial charge in [0.2, 0.25) is 0 Å². The lowest BCUT2D eigenvalue weighted by molar-refractivity contribution is 0.0950. The Morgan fingerprint density at radius 2 is 1.87 bits per heavy atom. The van der Waals surface area contributed by atoms with E-state index >= 15 is 0 Å². The van der Waals surface area contributed by atoms with Gasteiger partial charge in [-0.1, -0.05) is 19.1 Å². The Morgan fingerprint density at radius 1 is 1.10 bits per heavy atom. The molecule has 162 valence electrons. The highest BCUT2D eigenvalue weighted by atomic mass is 16.2. The number of aromatic nitrogens is 1. The minimum Gasteiger partial charge on any atom is -0.358 e. The SMILES string of the molecule is C[C@@H]1CCc2[nH]c3c(C(=O)Nc4ccc(C(=O)NCCN(C)C)cc4)cccc3c2C1. The average Bonchev–Trinajstić information content (AvgIpc) is 3.11. The number of aryl methyl sites for hydroxylation is 1. The third-order valence-corrected chi connectivity index (χ3v) is 5.96. The van der Waals surface area contributed by atoms with E-state index in [1.54, 1.807) is 24.3 Å². The van der Waals surface area contributed by atoms with E-state index in [0.717, 1.165) is 30.3 Å². The molecule has 2 aromatic carbocycles. The highest BCUT2D eigenvalue weighted by Gasteiger charge is 2.22. The van der Waals surface area contributed by atoms with Crippen LogP contribution >= 0.6 is 0 Å².